The molecule has 134 valence electrons. The van der Waals surface area contributed by atoms with Crippen LogP contribution in [-0.4, -0.2) is 22.6 Å². The lowest BCUT2D eigenvalue weighted by Crippen LogP contribution is -2.25. The average molecular weight is 349 g/mol. The number of ether oxygens (including phenoxy) is 1. The third-order valence-electron chi connectivity index (χ3n) is 4.26. The zero-order chi connectivity index (χ0) is 18.5. The fourth-order valence-corrected chi connectivity index (χ4v) is 2.92. The Morgan fingerprint density at radius 2 is 2.00 bits per heavy atom. The summed E-state index contributed by atoms with van der Waals surface area (Å²) in [6.07, 6.45) is 3.68. The van der Waals surface area contributed by atoms with Crippen molar-refractivity contribution in [1.82, 2.24) is 14.9 Å². The highest BCUT2D eigenvalue weighted by Crippen LogP contribution is 2.29. The minimum absolute atomic E-state index is 0.125. The summed E-state index contributed by atoms with van der Waals surface area (Å²) in [5.74, 6) is 1.50. The SMILES string of the molecule is COc1ccccc1-c1cccc(C(=O)NCc2nccn2C(C)C)c1. The molecule has 2 aromatic carbocycles. The lowest BCUT2D eigenvalue weighted by atomic mass is 10.0. The molecule has 0 saturated carbocycles. The van der Waals surface area contributed by atoms with Crippen molar-refractivity contribution in [3.63, 3.8) is 0 Å². The maximum absolute atomic E-state index is 12.6. The number of rotatable bonds is 6. The smallest absolute Gasteiger partial charge is 0.251 e. The molecule has 5 heteroatoms. The number of nitrogens with zero attached hydrogens (tertiary/aromatic N) is 2. The van der Waals surface area contributed by atoms with Crippen LogP contribution in [0.4, 0.5) is 0 Å². The number of carbonyl (C=O) groups excluding carboxylic acids is 1. The summed E-state index contributed by atoms with van der Waals surface area (Å²) in [6, 6.07) is 15.6. The van der Waals surface area contributed by atoms with E-state index in [4.69, 9.17) is 4.74 Å². The Morgan fingerprint density at radius 1 is 1.19 bits per heavy atom. The molecule has 0 atom stereocenters. The predicted molar refractivity (Wildman–Crippen MR) is 102 cm³/mol. The van der Waals surface area contributed by atoms with Crippen LogP contribution >= 0.6 is 0 Å². The first-order valence-electron chi connectivity index (χ1n) is 8.63. The molecule has 1 amide bonds. The van der Waals surface area contributed by atoms with Crippen LogP contribution in [0.1, 0.15) is 36.1 Å². The van der Waals surface area contributed by atoms with E-state index in [1.165, 1.54) is 0 Å². The van der Waals surface area contributed by atoms with Gasteiger partial charge in [-0.2, -0.15) is 0 Å². The Kier molecular flexibility index (Phi) is 5.37. The Labute approximate surface area is 153 Å². The highest BCUT2D eigenvalue weighted by atomic mass is 16.5. The van der Waals surface area contributed by atoms with Crippen molar-refractivity contribution >= 4 is 5.91 Å². The second kappa shape index (κ2) is 7.87. The number of carbonyl (C=O) groups is 1. The number of para-hydroxylation sites is 1. The highest BCUT2D eigenvalue weighted by molar-refractivity contribution is 5.95. The Bertz CT molecular complexity index is 900. The number of amides is 1. The summed E-state index contributed by atoms with van der Waals surface area (Å²) >= 11 is 0. The van der Waals surface area contributed by atoms with Gasteiger partial charge in [-0.25, -0.2) is 4.98 Å². The lowest BCUT2D eigenvalue weighted by Gasteiger charge is -2.13. The van der Waals surface area contributed by atoms with E-state index in [1.54, 1.807) is 13.3 Å². The molecule has 0 unspecified atom stereocenters. The number of imidazole rings is 1. The molecule has 1 N–H and O–H groups in total. The first kappa shape index (κ1) is 17.7. The molecule has 1 heterocycles. The van der Waals surface area contributed by atoms with E-state index in [1.807, 2.05) is 59.3 Å². The highest BCUT2D eigenvalue weighted by Gasteiger charge is 2.11. The van der Waals surface area contributed by atoms with Gasteiger partial charge in [0.1, 0.15) is 11.6 Å². The van der Waals surface area contributed by atoms with Crippen LogP contribution in [0, 0.1) is 0 Å². The Balaban J connectivity index is 1.77. The molecule has 1 aromatic heterocycles. The Hall–Kier alpha value is -3.08. The van der Waals surface area contributed by atoms with Gasteiger partial charge < -0.3 is 14.6 Å². The molecule has 3 rings (SSSR count). The van der Waals surface area contributed by atoms with Crippen LogP contribution < -0.4 is 10.1 Å². The summed E-state index contributed by atoms with van der Waals surface area (Å²) in [6.45, 7) is 4.57. The second-order valence-electron chi connectivity index (χ2n) is 6.31. The maximum Gasteiger partial charge on any atom is 0.251 e. The van der Waals surface area contributed by atoms with Gasteiger partial charge in [-0.15, -0.1) is 0 Å². The van der Waals surface area contributed by atoms with E-state index in [2.05, 4.69) is 24.1 Å². The van der Waals surface area contributed by atoms with Crippen LogP contribution in [-0.2, 0) is 6.54 Å². The first-order valence-corrected chi connectivity index (χ1v) is 8.63. The van der Waals surface area contributed by atoms with Crippen molar-refractivity contribution in [2.24, 2.45) is 0 Å². The molecule has 0 spiro atoms. The number of benzene rings is 2. The zero-order valence-electron chi connectivity index (χ0n) is 15.3. The fraction of sp³-hybridized carbons (Fsp3) is 0.238. The number of aromatic nitrogens is 2. The van der Waals surface area contributed by atoms with Crippen LogP contribution in [0.15, 0.2) is 60.9 Å². The lowest BCUT2D eigenvalue weighted by molar-refractivity contribution is 0.0949. The first-order chi connectivity index (χ1) is 12.6. The molecule has 0 aliphatic heterocycles. The van der Waals surface area contributed by atoms with Crippen LogP contribution in [0.2, 0.25) is 0 Å². The van der Waals surface area contributed by atoms with Crippen molar-refractivity contribution < 1.29 is 9.53 Å². The van der Waals surface area contributed by atoms with Crippen molar-refractivity contribution in [2.75, 3.05) is 7.11 Å². The summed E-state index contributed by atoms with van der Waals surface area (Å²) in [5, 5.41) is 2.95. The van der Waals surface area contributed by atoms with Gasteiger partial charge in [0, 0.05) is 29.6 Å². The quantitative estimate of drug-likeness (QED) is 0.730. The van der Waals surface area contributed by atoms with Crippen LogP contribution in [0.25, 0.3) is 11.1 Å². The fourth-order valence-electron chi connectivity index (χ4n) is 2.92. The number of nitrogens with one attached hydrogen (secondary N) is 1. The number of methoxy groups -OCH3 is 1. The van der Waals surface area contributed by atoms with E-state index in [-0.39, 0.29) is 5.91 Å². The van der Waals surface area contributed by atoms with Gasteiger partial charge in [-0.1, -0.05) is 30.3 Å². The van der Waals surface area contributed by atoms with E-state index >= 15 is 0 Å². The summed E-state index contributed by atoms with van der Waals surface area (Å²) in [5.41, 5.74) is 2.51. The summed E-state index contributed by atoms with van der Waals surface area (Å²) in [7, 11) is 1.65. The topological polar surface area (TPSA) is 56.1 Å². The van der Waals surface area contributed by atoms with E-state index < -0.39 is 0 Å². The van der Waals surface area contributed by atoms with Crippen molar-refractivity contribution in [3.05, 3.63) is 72.3 Å². The van der Waals surface area contributed by atoms with Crippen LogP contribution in [0.5, 0.6) is 5.75 Å². The molecule has 0 bridgehead atoms. The van der Waals surface area contributed by atoms with E-state index in [0.717, 1.165) is 22.7 Å². The molecule has 26 heavy (non-hydrogen) atoms. The standard InChI is InChI=1S/C21H23N3O2/c1-15(2)24-12-11-22-20(24)14-23-21(25)17-8-6-7-16(13-17)18-9-4-5-10-19(18)26-3/h4-13,15H,14H2,1-3H3,(H,23,25). The van der Waals surface area contributed by atoms with Crippen molar-refractivity contribution in [1.29, 1.82) is 0 Å². The minimum Gasteiger partial charge on any atom is -0.496 e. The van der Waals surface area contributed by atoms with Gasteiger partial charge in [0.25, 0.3) is 5.91 Å². The maximum atomic E-state index is 12.6. The van der Waals surface area contributed by atoms with Gasteiger partial charge in [0.15, 0.2) is 0 Å². The molecule has 0 aliphatic rings. The van der Waals surface area contributed by atoms with Crippen molar-refractivity contribution in [2.45, 2.75) is 26.4 Å². The predicted octanol–water partition coefficient (Wildman–Crippen LogP) is 4.07. The third kappa shape index (κ3) is 3.77. The average Bonchev–Trinajstić information content (AvgIpc) is 3.15. The van der Waals surface area contributed by atoms with Gasteiger partial charge >= 0.3 is 0 Å². The molecule has 0 radical (unpaired) electrons. The molecule has 0 saturated heterocycles. The largest absolute Gasteiger partial charge is 0.496 e. The van der Waals surface area contributed by atoms with E-state index in [0.29, 0.717) is 18.2 Å². The van der Waals surface area contributed by atoms with Crippen molar-refractivity contribution in [3.8, 4) is 16.9 Å². The minimum atomic E-state index is -0.125. The number of hydrogen-bond donors (Lipinski definition) is 1. The van der Waals surface area contributed by atoms with E-state index in [9.17, 15) is 4.79 Å². The molecular weight excluding hydrogens is 326 g/mol. The monoisotopic (exact) mass is 349 g/mol. The second-order valence-corrected chi connectivity index (χ2v) is 6.31. The molecular formula is C21H23N3O2. The molecule has 0 fully saturated rings. The molecule has 0 aliphatic carbocycles. The van der Waals surface area contributed by atoms with Gasteiger partial charge in [0.2, 0.25) is 0 Å². The normalized spacial score (nSPS) is 10.8. The zero-order valence-corrected chi connectivity index (χ0v) is 15.3. The van der Waals surface area contributed by atoms with Gasteiger partial charge in [-0.05, 0) is 37.6 Å². The molecule has 5 nitrogen and oxygen atoms in total. The third-order valence-corrected chi connectivity index (χ3v) is 4.26. The summed E-state index contributed by atoms with van der Waals surface area (Å²) in [4.78, 5) is 16.9. The van der Waals surface area contributed by atoms with Gasteiger partial charge in [-0.3, -0.25) is 4.79 Å². The number of hydrogen-bond acceptors (Lipinski definition) is 3. The Morgan fingerprint density at radius 3 is 2.77 bits per heavy atom. The summed E-state index contributed by atoms with van der Waals surface area (Å²) < 4.78 is 7.47. The van der Waals surface area contributed by atoms with Gasteiger partial charge in [0.05, 0.1) is 13.7 Å². The molecule has 3 aromatic rings. The van der Waals surface area contributed by atoms with Crippen LogP contribution in [0.3, 0.4) is 0 Å².